The zero-order valence-electron chi connectivity index (χ0n) is 14.0. The normalized spacial score (nSPS) is 23.4. The van der Waals surface area contributed by atoms with Crippen molar-refractivity contribution in [1.29, 1.82) is 0 Å². The minimum Gasteiger partial charge on any atom is -0.350 e. The fraction of sp³-hybridized carbons (Fsp3) is 0.556. The number of piperidine rings is 1. The fourth-order valence-electron chi connectivity index (χ4n) is 2.77. The molecule has 0 spiro atoms. The predicted octanol–water partition coefficient (Wildman–Crippen LogP) is 2.52. The van der Waals surface area contributed by atoms with Crippen LogP contribution in [0.5, 0.6) is 0 Å². The number of amides is 1. The molecule has 1 saturated heterocycles. The van der Waals surface area contributed by atoms with Gasteiger partial charge in [0.15, 0.2) is 0 Å². The lowest BCUT2D eigenvalue weighted by molar-refractivity contribution is -0.141. The zero-order valence-corrected chi connectivity index (χ0v) is 14.0. The SMILES string of the molecule is CC(C)(C)NC(=O)C1(C)CCC(=O)CN1Cc1ccccc1. The second kappa shape index (κ2) is 6.21. The molecule has 0 aromatic heterocycles. The number of nitrogens with zero attached hydrogens (tertiary/aromatic N) is 1. The number of ketones is 1. The highest BCUT2D eigenvalue weighted by Gasteiger charge is 2.44. The quantitative estimate of drug-likeness (QED) is 0.933. The van der Waals surface area contributed by atoms with Crippen molar-refractivity contribution in [2.45, 2.75) is 58.2 Å². The minimum absolute atomic E-state index is 0.00318. The Bertz CT molecular complexity index is 548. The summed E-state index contributed by atoms with van der Waals surface area (Å²) in [5.41, 5.74) is 0.198. The van der Waals surface area contributed by atoms with Crippen LogP contribution < -0.4 is 5.32 Å². The number of carbonyl (C=O) groups excluding carboxylic acids is 2. The van der Waals surface area contributed by atoms with Crippen LogP contribution in [0.3, 0.4) is 0 Å². The van der Waals surface area contributed by atoms with Gasteiger partial charge in [0.25, 0.3) is 0 Å². The first-order valence-corrected chi connectivity index (χ1v) is 7.84. The topological polar surface area (TPSA) is 49.4 Å². The molecule has 1 heterocycles. The standard InChI is InChI=1S/C18H26N2O2/c1-17(2,3)19-16(22)18(4)11-10-15(21)13-20(18)12-14-8-6-5-7-9-14/h5-9H,10-13H2,1-4H3,(H,19,22). The van der Waals surface area contributed by atoms with Gasteiger partial charge in [-0.3, -0.25) is 14.5 Å². The van der Waals surface area contributed by atoms with Crippen LogP contribution in [0.1, 0.15) is 46.1 Å². The predicted molar refractivity (Wildman–Crippen MR) is 87.4 cm³/mol. The molecular formula is C18H26N2O2. The molecule has 1 aromatic rings. The second-order valence-corrected chi connectivity index (χ2v) is 7.36. The highest BCUT2D eigenvalue weighted by molar-refractivity contribution is 5.90. The third-order valence-electron chi connectivity index (χ3n) is 4.15. The Labute approximate surface area is 132 Å². The molecule has 1 aliphatic heterocycles. The maximum atomic E-state index is 12.8. The highest BCUT2D eigenvalue weighted by Crippen LogP contribution is 2.29. The zero-order chi connectivity index (χ0) is 16.4. The largest absolute Gasteiger partial charge is 0.350 e. The summed E-state index contributed by atoms with van der Waals surface area (Å²) >= 11 is 0. The van der Waals surface area contributed by atoms with Crippen molar-refractivity contribution in [3.8, 4) is 0 Å². The van der Waals surface area contributed by atoms with Gasteiger partial charge in [0.1, 0.15) is 5.78 Å². The molecule has 0 aliphatic carbocycles. The fourth-order valence-corrected chi connectivity index (χ4v) is 2.77. The summed E-state index contributed by atoms with van der Waals surface area (Å²) in [4.78, 5) is 26.7. The molecule has 1 amide bonds. The molecule has 1 fully saturated rings. The number of hydrogen-bond acceptors (Lipinski definition) is 3. The number of Topliss-reactive ketones (excluding diaryl/α,β-unsaturated/α-hetero) is 1. The summed E-state index contributed by atoms with van der Waals surface area (Å²) in [5, 5.41) is 3.07. The minimum atomic E-state index is -0.642. The molecule has 1 atom stereocenters. The van der Waals surface area contributed by atoms with Gasteiger partial charge in [-0.15, -0.1) is 0 Å². The lowest BCUT2D eigenvalue weighted by Crippen LogP contribution is -2.62. The summed E-state index contributed by atoms with van der Waals surface area (Å²) in [7, 11) is 0. The number of rotatable bonds is 3. The second-order valence-electron chi connectivity index (χ2n) is 7.36. The lowest BCUT2D eigenvalue weighted by atomic mass is 9.85. The van der Waals surface area contributed by atoms with E-state index >= 15 is 0 Å². The highest BCUT2D eigenvalue weighted by atomic mass is 16.2. The van der Waals surface area contributed by atoms with Gasteiger partial charge in [-0.25, -0.2) is 0 Å². The van der Waals surface area contributed by atoms with Crippen LogP contribution >= 0.6 is 0 Å². The van der Waals surface area contributed by atoms with E-state index in [1.165, 1.54) is 0 Å². The van der Waals surface area contributed by atoms with Crippen molar-refractivity contribution < 1.29 is 9.59 Å². The van der Waals surface area contributed by atoms with Gasteiger partial charge in [-0.2, -0.15) is 0 Å². The molecule has 120 valence electrons. The van der Waals surface area contributed by atoms with Gasteiger partial charge in [-0.05, 0) is 39.7 Å². The Morgan fingerprint density at radius 2 is 1.91 bits per heavy atom. The van der Waals surface area contributed by atoms with Crippen LogP contribution in [0.4, 0.5) is 0 Å². The summed E-state index contributed by atoms with van der Waals surface area (Å²) in [6.07, 6.45) is 1.04. The first kappa shape index (κ1) is 16.7. The number of nitrogens with one attached hydrogen (secondary N) is 1. The Kier molecular flexibility index (Phi) is 4.71. The molecule has 1 aliphatic rings. The molecular weight excluding hydrogens is 276 g/mol. The Morgan fingerprint density at radius 3 is 2.50 bits per heavy atom. The van der Waals surface area contributed by atoms with Crippen molar-refractivity contribution in [2.24, 2.45) is 0 Å². The third-order valence-corrected chi connectivity index (χ3v) is 4.15. The van der Waals surface area contributed by atoms with Gasteiger partial charge in [0.05, 0.1) is 12.1 Å². The van der Waals surface area contributed by atoms with Crippen molar-refractivity contribution >= 4 is 11.7 Å². The van der Waals surface area contributed by atoms with E-state index in [0.29, 0.717) is 25.9 Å². The van der Waals surface area contributed by atoms with Crippen molar-refractivity contribution in [2.75, 3.05) is 6.54 Å². The summed E-state index contributed by atoms with van der Waals surface area (Å²) in [6, 6.07) is 9.99. The van der Waals surface area contributed by atoms with Crippen LogP contribution in [0, 0.1) is 0 Å². The molecule has 4 nitrogen and oxygen atoms in total. The van der Waals surface area contributed by atoms with Gasteiger partial charge >= 0.3 is 0 Å². The molecule has 0 saturated carbocycles. The van der Waals surface area contributed by atoms with E-state index in [9.17, 15) is 9.59 Å². The van der Waals surface area contributed by atoms with Crippen LogP contribution in [-0.4, -0.2) is 34.2 Å². The molecule has 0 radical (unpaired) electrons. The monoisotopic (exact) mass is 302 g/mol. The maximum Gasteiger partial charge on any atom is 0.240 e. The number of benzene rings is 1. The van der Waals surface area contributed by atoms with Crippen molar-refractivity contribution in [1.82, 2.24) is 10.2 Å². The molecule has 22 heavy (non-hydrogen) atoms. The summed E-state index contributed by atoms with van der Waals surface area (Å²) in [6.45, 7) is 8.82. The summed E-state index contributed by atoms with van der Waals surface area (Å²) < 4.78 is 0. The molecule has 1 aromatic carbocycles. The smallest absolute Gasteiger partial charge is 0.240 e. The number of carbonyl (C=O) groups is 2. The molecule has 1 unspecified atom stereocenters. The molecule has 0 bridgehead atoms. The van der Waals surface area contributed by atoms with Gasteiger partial charge in [0.2, 0.25) is 5.91 Å². The molecule has 2 rings (SSSR count). The number of likely N-dealkylation sites (tertiary alicyclic amines) is 1. The van der Waals surface area contributed by atoms with E-state index < -0.39 is 5.54 Å². The van der Waals surface area contributed by atoms with Crippen molar-refractivity contribution in [3.05, 3.63) is 35.9 Å². The Morgan fingerprint density at radius 1 is 1.27 bits per heavy atom. The van der Waals surface area contributed by atoms with Crippen LogP contribution in [0.2, 0.25) is 0 Å². The third kappa shape index (κ3) is 3.95. The molecule has 4 heteroatoms. The van der Waals surface area contributed by atoms with E-state index in [-0.39, 0.29) is 17.2 Å². The average molecular weight is 302 g/mol. The molecule has 1 N–H and O–H groups in total. The maximum absolute atomic E-state index is 12.8. The Hall–Kier alpha value is -1.68. The van der Waals surface area contributed by atoms with E-state index in [2.05, 4.69) is 5.32 Å². The van der Waals surface area contributed by atoms with Gasteiger partial charge in [-0.1, -0.05) is 30.3 Å². The first-order valence-electron chi connectivity index (χ1n) is 7.84. The number of hydrogen-bond donors (Lipinski definition) is 1. The van der Waals surface area contributed by atoms with Crippen LogP contribution in [0.25, 0.3) is 0 Å². The van der Waals surface area contributed by atoms with Crippen LogP contribution in [-0.2, 0) is 16.1 Å². The van der Waals surface area contributed by atoms with E-state index in [1.54, 1.807) is 0 Å². The average Bonchev–Trinajstić information content (AvgIpc) is 2.42. The lowest BCUT2D eigenvalue weighted by Gasteiger charge is -2.44. The summed E-state index contributed by atoms with van der Waals surface area (Å²) in [5.74, 6) is 0.209. The van der Waals surface area contributed by atoms with Gasteiger partial charge < -0.3 is 5.32 Å². The van der Waals surface area contributed by atoms with Crippen LogP contribution in [0.15, 0.2) is 30.3 Å². The van der Waals surface area contributed by atoms with Gasteiger partial charge in [0, 0.05) is 18.5 Å². The van der Waals surface area contributed by atoms with E-state index in [4.69, 9.17) is 0 Å². The van der Waals surface area contributed by atoms with E-state index in [0.717, 1.165) is 5.56 Å². The van der Waals surface area contributed by atoms with E-state index in [1.807, 2.05) is 62.9 Å². The first-order chi connectivity index (χ1) is 10.2. The van der Waals surface area contributed by atoms with Crippen molar-refractivity contribution in [3.63, 3.8) is 0 Å². The Balaban J connectivity index is 2.22.